The highest BCUT2D eigenvalue weighted by atomic mass is 16.5. The average Bonchev–Trinajstić information content (AvgIpc) is 2.34. The van der Waals surface area contributed by atoms with Gasteiger partial charge in [0.15, 0.2) is 0 Å². The van der Waals surface area contributed by atoms with E-state index in [9.17, 15) is 0 Å². The van der Waals surface area contributed by atoms with Gasteiger partial charge >= 0.3 is 0 Å². The Morgan fingerprint density at radius 1 is 1.22 bits per heavy atom. The number of ether oxygens (including phenoxy) is 1. The number of nitrogens with one attached hydrogen (secondary N) is 1. The monoisotopic (exact) mass is 247 g/mol. The topological polar surface area (TPSA) is 21.3 Å². The molecule has 1 saturated heterocycles. The molecule has 1 heterocycles. The summed E-state index contributed by atoms with van der Waals surface area (Å²) in [5.74, 6) is 0. The van der Waals surface area contributed by atoms with Gasteiger partial charge in [-0.15, -0.1) is 0 Å². The fourth-order valence-corrected chi connectivity index (χ4v) is 2.72. The molecule has 100 valence electrons. The van der Waals surface area contributed by atoms with Gasteiger partial charge in [0.05, 0.1) is 13.2 Å². The van der Waals surface area contributed by atoms with Crippen LogP contribution < -0.4 is 5.32 Å². The van der Waals surface area contributed by atoms with Crippen molar-refractivity contribution in [3.63, 3.8) is 0 Å². The number of benzene rings is 1. The van der Waals surface area contributed by atoms with Gasteiger partial charge in [0.25, 0.3) is 0 Å². The quantitative estimate of drug-likeness (QED) is 0.748. The van der Waals surface area contributed by atoms with E-state index in [0.29, 0.717) is 5.41 Å². The van der Waals surface area contributed by atoms with Crippen molar-refractivity contribution in [3.8, 4) is 0 Å². The first-order valence-corrected chi connectivity index (χ1v) is 7.12. The first-order chi connectivity index (χ1) is 8.80. The Balaban J connectivity index is 2.02. The zero-order valence-corrected chi connectivity index (χ0v) is 11.7. The van der Waals surface area contributed by atoms with E-state index < -0.39 is 0 Å². The van der Waals surface area contributed by atoms with Gasteiger partial charge in [0.2, 0.25) is 0 Å². The van der Waals surface area contributed by atoms with E-state index in [1.807, 2.05) is 7.05 Å². The van der Waals surface area contributed by atoms with E-state index in [4.69, 9.17) is 4.74 Å². The van der Waals surface area contributed by atoms with Gasteiger partial charge in [-0.25, -0.2) is 0 Å². The maximum Gasteiger partial charge on any atom is 0.0585 e. The van der Waals surface area contributed by atoms with Crippen LogP contribution in [0.4, 0.5) is 0 Å². The highest BCUT2D eigenvalue weighted by Gasteiger charge is 2.39. The molecule has 0 bridgehead atoms. The summed E-state index contributed by atoms with van der Waals surface area (Å²) in [6, 6.07) is 9.20. The molecule has 0 aromatic heterocycles. The van der Waals surface area contributed by atoms with E-state index >= 15 is 0 Å². The molecule has 1 aliphatic rings. The van der Waals surface area contributed by atoms with Crippen molar-refractivity contribution in [1.82, 2.24) is 5.32 Å². The minimum Gasteiger partial charge on any atom is -0.379 e. The molecule has 0 aliphatic carbocycles. The van der Waals surface area contributed by atoms with Crippen LogP contribution in [0, 0.1) is 0 Å². The maximum absolute atomic E-state index is 5.48. The van der Waals surface area contributed by atoms with Crippen molar-refractivity contribution in [2.24, 2.45) is 0 Å². The third kappa shape index (κ3) is 2.93. The zero-order chi connectivity index (χ0) is 12.8. The maximum atomic E-state index is 5.48. The molecule has 0 amide bonds. The Hall–Kier alpha value is -0.860. The summed E-state index contributed by atoms with van der Waals surface area (Å²) in [5, 5.41) is 3.22. The van der Waals surface area contributed by atoms with Crippen LogP contribution in [0.15, 0.2) is 24.3 Å². The Morgan fingerprint density at radius 3 is 2.44 bits per heavy atom. The molecule has 1 fully saturated rings. The van der Waals surface area contributed by atoms with Crippen LogP contribution >= 0.6 is 0 Å². The molecule has 0 radical (unpaired) electrons. The standard InChI is InChI=1S/C16H25NO/c1-3-5-14-6-8-15(9-7-14)16(12-18-13-16)10-4-11-17-2/h6-9,17H,3-5,10-13H2,1-2H3. The molecule has 2 heteroatoms. The third-order valence-corrected chi connectivity index (χ3v) is 3.94. The van der Waals surface area contributed by atoms with Gasteiger partial charge in [-0.3, -0.25) is 0 Å². The number of hydrogen-bond acceptors (Lipinski definition) is 2. The smallest absolute Gasteiger partial charge is 0.0585 e. The summed E-state index contributed by atoms with van der Waals surface area (Å²) in [4.78, 5) is 0. The molecule has 2 nitrogen and oxygen atoms in total. The Kier molecular flexibility index (Phi) is 4.79. The first-order valence-electron chi connectivity index (χ1n) is 7.12. The summed E-state index contributed by atoms with van der Waals surface area (Å²) < 4.78 is 5.48. The number of aryl methyl sites for hydroxylation is 1. The largest absolute Gasteiger partial charge is 0.379 e. The Bertz CT molecular complexity index is 354. The number of hydrogen-bond donors (Lipinski definition) is 1. The first kappa shape index (κ1) is 13.6. The zero-order valence-electron chi connectivity index (χ0n) is 11.7. The third-order valence-electron chi connectivity index (χ3n) is 3.94. The van der Waals surface area contributed by atoms with Crippen LogP contribution in [0.2, 0.25) is 0 Å². The molecule has 1 aliphatic heterocycles. The van der Waals surface area contributed by atoms with Crippen LogP contribution in [0.3, 0.4) is 0 Å². The molecule has 1 aromatic rings. The lowest BCUT2D eigenvalue weighted by Gasteiger charge is -2.42. The van der Waals surface area contributed by atoms with Crippen molar-refractivity contribution in [1.29, 1.82) is 0 Å². The van der Waals surface area contributed by atoms with Gasteiger partial charge < -0.3 is 10.1 Å². The van der Waals surface area contributed by atoms with Gasteiger partial charge in [-0.05, 0) is 44.0 Å². The van der Waals surface area contributed by atoms with Gasteiger partial charge in [0, 0.05) is 5.41 Å². The summed E-state index contributed by atoms with van der Waals surface area (Å²) in [7, 11) is 2.02. The molecule has 18 heavy (non-hydrogen) atoms. The second kappa shape index (κ2) is 6.35. The molecule has 0 unspecified atom stereocenters. The van der Waals surface area contributed by atoms with E-state index in [2.05, 4.69) is 36.5 Å². The van der Waals surface area contributed by atoms with Gasteiger partial charge in [-0.1, -0.05) is 37.6 Å². The van der Waals surface area contributed by atoms with Crippen LogP contribution in [0.1, 0.15) is 37.3 Å². The summed E-state index contributed by atoms with van der Waals surface area (Å²) >= 11 is 0. The number of rotatable bonds is 7. The highest BCUT2D eigenvalue weighted by molar-refractivity contribution is 5.31. The van der Waals surface area contributed by atoms with E-state index in [1.54, 1.807) is 0 Å². The Morgan fingerprint density at radius 2 is 1.94 bits per heavy atom. The van der Waals surface area contributed by atoms with Crippen molar-refractivity contribution in [2.75, 3.05) is 26.8 Å². The van der Waals surface area contributed by atoms with Crippen molar-refractivity contribution >= 4 is 0 Å². The highest BCUT2D eigenvalue weighted by Crippen LogP contribution is 2.36. The molecule has 1 aromatic carbocycles. The van der Waals surface area contributed by atoms with Gasteiger partial charge in [0.1, 0.15) is 0 Å². The molecule has 1 N–H and O–H groups in total. The SMILES string of the molecule is CCCc1ccc(C2(CCCNC)COC2)cc1. The van der Waals surface area contributed by atoms with Crippen LogP contribution in [0.5, 0.6) is 0 Å². The molecule has 0 spiro atoms. The molecular weight excluding hydrogens is 222 g/mol. The summed E-state index contributed by atoms with van der Waals surface area (Å²) in [6.07, 6.45) is 4.84. The fraction of sp³-hybridized carbons (Fsp3) is 0.625. The lowest BCUT2D eigenvalue weighted by atomic mass is 9.75. The minimum absolute atomic E-state index is 0.293. The molecule has 2 rings (SSSR count). The van der Waals surface area contributed by atoms with E-state index in [1.165, 1.54) is 36.8 Å². The van der Waals surface area contributed by atoms with E-state index in [0.717, 1.165) is 19.8 Å². The lowest BCUT2D eigenvalue weighted by molar-refractivity contribution is -0.0650. The normalized spacial score (nSPS) is 17.4. The van der Waals surface area contributed by atoms with E-state index in [-0.39, 0.29) is 0 Å². The second-order valence-electron chi connectivity index (χ2n) is 5.43. The summed E-state index contributed by atoms with van der Waals surface area (Å²) in [6.45, 7) is 5.11. The predicted octanol–water partition coefficient (Wildman–Crippen LogP) is 2.91. The lowest BCUT2D eigenvalue weighted by Crippen LogP contribution is -2.47. The van der Waals surface area contributed by atoms with Crippen molar-refractivity contribution in [2.45, 2.75) is 38.0 Å². The van der Waals surface area contributed by atoms with Crippen molar-refractivity contribution in [3.05, 3.63) is 35.4 Å². The second-order valence-corrected chi connectivity index (χ2v) is 5.43. The summed E-state index contributed by atoms with van der Waals surface area (Å²) in [5.41, 5.74) is 3.21. The minimum atomic E-state index is 0.293. The molecule has 0 atom stereocenters. The average molecular weight is 247 g/mol. The van der Waals surface area contributed by atoms with Crippen molar-refractivity contribution < 1.29 is 4.74 Å². The van der Waals surface area contributed by atoms with Crippen LogP contribution in [0.25, 0.3) is 0 Å². The van der Waals surface area contributed by atoms with Crippen LogP contribution in [-0.4, -0.2) is 26.8 Å². The van der Waals surface area contributed by atoms with Crippen LogP contribution in [-0.2, 0) is 16.6 Å². The predicted molar refractivity (Wildman–Crippen MR) is 76.1 cm³/mol. The Labute approximate surface area is 111 Å². The fourth-order valence-electron chi connectivity index (χ4n) is 2.72. The molecular formula is C16H25NO. The molecule has 0 saturated carbocycles. The van der Waals surface area contributed by atoms with Gasteiger partial charge in [-0.2, -0.15) is 0 Å².